The van der Waals surface area contributed by atoms with Gasteiger partial charge in [0.25, 0.3) is 5.91 Å². The van der Waals surface area contributed by atoms with E-state index in [-0.39, 0.29) is 5.91 Å². The van der Waals surface area contributed by atoms with Crippen molar-refractivity contribution in [2.45, 2.75) is 6.92 Å². The standard InChI is InChI=1S/C10H15N3O2/c1-2-15-7-6-12-10(14)8-4-3-5-9(11)13-8/h3-5H,2,6-7H2,1H3,(H2,11,13)(H,12,14). The Morgan fingerprint density at radius 2 is 2.40 bits per heavy atom. The molecule has 0 aliphatic heterocycles. The van der Waals surface area contributed by atoms with Gasteiger partial charge in [-0.1, -0.05) is 6.07 Å². The van der Waals surface area contributed by atoms with Crippen molar-refractivity contribution in [1.29, 1.82) is 0 Å². The van der Waals surface area contributed by atoms with Crippen molar-refractivity contribution in [2.75, 3.05) is 25.5 Å². The van der Waals surface area contributed by atoms with E-state index in [1.54, 1.807) is 18.2 Å². The maximum atomic E-state index is 11.5. The van der Waals surface area contributed by atoms with Gasteiger partial charge in [-0.05, 0) is 19.1 Å². The molecule has 3 N–H and O–H groups in total. The molecule has 0 spiro atoms. The second-order valence-electron chi connectivity index (χ2n) is 2.90. The molecule has 0 radical (unpaired) electrons. The molecule has 0 fully saturated rings. The number of carbonyl (C=O) groups is 1. The summed E-state index contributed by atoms with van der Waals surface area (Å²) in [6.45, 7) is 3.53. The molecular formula is C10H15N3O2. The predicted molar refractivity (Wildman–Crippen MR) is 57.5 cm³/mol. The van der Waals surface area contributed by atoms with Gasteiger partial charge in [0.2, 0.25) is 0 Å². The summed E-state index contributed by atoms with van der Waals surface area (Å²) in [5.41, 5.74) is 5.78. The lowest BCUT2D eigenvalue weighted by atomic mass is 10.3. The van der Waals surface area contributed by atoms with Crippen LogP contribution < -0.4 is 11.1 Å². The van der Waals surface area contributed by atoms with Crippen LogP contribution >= 0.6 is 0 Å². The van der Waals surface area contributed by atoms with Crippen molar-refractivity contribution < 1.29 is 9.53 Å². The van der Waals surface area contributed by atoms with Crippen LogP contribution in [0.25, 0.3) is 0 Å². The first-order valence-corrected chi connectivity index (χ1v) is 4.82. The number of hydrogen-bond acceptors (Lipinski definition) is 4. The van der Waals surface area contributed by atoms with E-state index in [9.17, 15) is 4.79 Å². The summed E-state index contributed by atoms with van der Waals surface area (Å²) in [7, 11) is 0. The second-order valence-corrected chi connectivity index (χ2v) is 2.90. The topological polar surface area (TPSA) is 77.2 Å². The summed E-state index contributed by atoms with van der Waals surface area (Å²) in [6, 6.07) is 4.95. The van der Waals surface area contributed by atoms with Gasteiger partial charge >= 0.3 is 0 Å². The maximum absolute atomic E-state index is 11.5. The molecule has 1 amide bonds. The molecule has 1 aromatic heterocycles. The lowest BCUT2D eigenvalue weighted by molar-refractivity contribution is 0.0918. The molecule has 1 heterocycles. The largest absolute Gasteiger partial charge is 0.384 e. The van der Waals surface area contributed by atoms with Crippen LogP contribution in [0.4, 0.5) is 5.82 Å². The van der Waals surface area contributed by atoms with E-state index in [4.69, 9.17) is 10.5 Å². The molecule has 0 atom stereocenters. The zero-order chi connectivity index (χ0) is 11.1. The average Bonchev–Trinajstić information content (AvgIpc) is 2.24. The highest BCUT2D eigenvalue weighted by Crippen LogP contribution is 1.99. The average molecular weight is 209 g/mol. The Morgan fingerprint density at radius 3 is 3.07 bits per heavy atom. The quantitative estimate of drug-likeness (QED) is 0.689. The summed E-state index contributed by atoms with van der Waals surface area (Å²) in [5.74, 6) is 0.106. The van der Waals surface area contributed by atoms with Crippen molar-refractivity contribution in [3.63, 3.8) is 0 Å². The van der Waals surface area contributed by atoms with Crippen LogP contribution in [0.3, 0.4) is 0 Å². The summed E-state index contributed by atoms with van der Waals surface area (Å²) in [5, 5.41) is 2.68. The smallest absolute Gasteiger partial charge is 0.270 e. The minimum Gasteiger partial charge on any atom is -0.384 e. The zero-order valence-electron chi connectivity index (χ0n) is 8.69. The van der Waals surface area contributed by atoms with Crippen LogP contribution in [0.15, 0.2) is 18.2 Å². The molecular weight excluding hydrogens is 194 g/mol. The van der Waals surface area contributed by atoms with E-state index < -0.39 is 0 Å². The Hall–Kier alpha value is -1.62. The molecule has 0 bridgehead atoms. The molecule has 1 aromatic rings. The van der Waals surface area contributed by atoms with Crippen molar-refractivity contribution in [3.8, 4) is 0 Å². The minimum atomic E-state index is -0.234. The van der Waals surface area contributed by atoms with Gasteiger partial charge < -0.3 is 15.8 Å². The molecule has 15 heavy (non-hydrogen) atoms. The van der Waals surface area contributed by atoms with Crippen molar-refractivity contribution in [2.24, 2.45) is 0 Å². The van der Waals surface area contributed by atoms with E-state index in [1.807, 2.05) is 6.92 Å². The van der Waals surface area contributed by atoms with Gasteiger partial charge in [0, 0.05) is 13.2 Å². The number of nitrogens with one attached hydrogen (secondary N) is 1. The van der Waals surface area contributed by atoms with Crippen molar-refractivity contribution in [3.05, 3.63) is 23.9 Å². The lowest BCUT2D eigenvalue weighted by Crippen LogP contribution is -2.28. The predicted octanol–water partition coefficient (Wildman–Crippen LogP) is 0.430. The van der Waals surface area contributed by atoms with E-state index in [0.29, 0.717) is 31.3 Å². The van der Waals surface area contributed by atoms with E-state index in [0.717, 1.165) is 0 Å². The molecule has 82 valence electrons. The first-order chi connectivity index (χ1) is 7.24. The SMILES string of the molecule is CCOCCNC(=O)c1cccc(N)n1. The van der Waals surface area contributed by atoms with Gasteiger partial charge in [-0.3, -0.25) is 4.79 Å². The molecule has 0 saturated heterocycles. The summed E-state index contributed by atoms with van der Waals surface area (Å²) in [6.07, 6.45) is 0. The Balaban J connectivity index is 2.40. The number of nitrogen functional groups attached to an aromatic ring is 1. The van der Waals surface area contributed by atoms with Gasteiger partial charge in [-0.2, -0.15) is 0 Å². The molecule has 0 unspecified atom stereocenters. The number of rotatable bonds is 5. The molecule has 0 aromatic carbocycles. The van der Waals surface area contributed by atoms with Gasteiger partial charge in [-0.25, -0.2) is 4.98 Å². The van der Waals surface area contributed by atoms with Crippen LogP contribution in [0.2, 0.25) is 0 Å². The van der Waals surface area contributed by atoms with Crippen LogP contribution in [0.1, 0.15) is 17.4 Å². The summed E-state index contributed by atoms with van der Waals surface area (Å²) in [4.78, 5) is 15.4. The molecule has 5 nitrogen and oxygen atoms in total. The molecule has 1 rings (SSSR count). The van der Waals surface area contributed by atoms with Crippen LogP contribution in [0.5, 0.6) is 0 Å². The van der Waals surface area contributed by atoms with Gasteiger partial charge in [0.1, 0.15) is 11.5 Å². The van der Waals surface area contributed by atoms with Crippen LogP contribution in [-0.4, -0.2) is 30.6 Å². The Morgan fingerprint density at radius 1 is 1.60 bits per heavy atom. The number of nitrogens with two attached hydrogens (primary N) is 1. The highest BCUT2D eigenvalue weighted by molar-refractivity contribution is 5.92. The fraction of sp³-hybridized carbons (Fsp3) is 0.400. The Kier molecular flexibility index (Phi) is 4.56. The number of anilines is 1. The van der Waals surface area contributed by atoms with Crippen molar-refractivity contribution >= 4 is 11.7 Å². The number of nitrogens with zero attached hydrogens (tertiary/aromatic N) is 1. The highest BCUT2D eigenvalue weighted by Gasteiger charge is 2.05. The minimum absolute atomic E-state index is 0.234. The first-order valence-electron chi connectivity index (χ1n) is 4.82. The number of ether oxygens (including phenoxy) is 1. The van der Waals surface area contributed by atoms with Crippen LogP contribution in [-0.2, 0) is 4.74 Å². The van der Waals surface area contributed by atoms with Crippen molar-refractivity contribution in [1.82, 2.24) is 10.3 Å². The maximum Gasteiger partial charge on any atom is 0.270 e. The molecule has 0 aliphatic carbocycles. The van der Waals surface area contributed by atoms with Gasteiger partial charge in [-0.15, -0.1) is 0 Å². The third-order valence-electron chi connectivity index (χ3n) is 1.74. The third-order valence-corrected chi connectivity index (χ3v) is 1.74. The number of pyridine rings is 1. The number of aromatic nitrogens is 1. The van der Waals surface area contributed by atoms with E-state index in [2.05, 4.69) is 10.3 Å². The summed E-state index contributed by atoms with van der Waals surface area (Å²) >= 11 is 0. The molecule has 0 aliphatic rings. The van der Waals surface area contributed by atoms with Gasteiger partial charge in [0.15, 0.2) is 0 Å². The second kappa shape index (κ2) is 5.98. The number of amides is 1. The number of hydrogen-bond donors (Lipinski definition) is 2. The Bertz CT molecular complexity index is 328. The fourth-order valence-electron chi connectivity index (χ4n) is 1.05. The fourth-order valence-corrected chi connectivity index (χ4v) is 1.05. The lowest BCUT2D eigenvalue weighted by Gasteiger charge is -2.04. The normalized spacial score (nSPS) is 9.93. The molecule has 0 saturated carbocycles. The number of carbonyl (C=O) groups excluding carboxylic acids is 1. The summed E-state index contributed by atoms with van der Waals surface area (Å²) < 4.78 is 5.08. The van der Waals surface area contributed by atoms with E-state index in [1.165, 1.54) is 0 Å². The Labute approximate surface area is 88.6 Å². The monoisotopic (exact) mass is 209 g/mol. The van der Waals surface area contributed by atoms with Gasteiger partial charge in [0.05, 0.1) is 6.61 Å². The zero-order valence-corrected chi connectivity index (χ0v) is 8.69. The molecule has 5 heteroatoms. The third kappa shape index (κ3) is 3.95. The first kappa shape index (κ1) is 11.5. The van der Waals surface area contributed by atoms with E-state index >= 15 is 0 Å². The highest BCUT2D eigenvalue weighted by atomic mass is 16.5. The van der Waals surface area contributed by atoms with Crippen LogP contribution in [0, 0.1) is 0 Å².